The lowest BCUT2D eigenvalue weighted by molar-refractivity contribution is 0.101. The Hall–Kier alpha value is -1.95. The van der Waals surface area contributed by atoms with E-state index in [4.69, 9.17) is 11.6 Å². The van der Waals surface area contributed by atoms with Crippen LogP contribution in [0.5, 0.6) is 0 Å². The standard InChI is InChI=1S/C9H8ClN5O/c1-5-2-3-6(10)7(4-5)11-9(16)8-12-14-15-13-8/h2-4H,1H3,(H,11,16)(H,12,13,14,15). The topological polar surface area (TPSA) is 83.6 Å². The molecular formula is C9H8ClN5O. The average Bonchev–Trinajstić information content (AvgIpc) is 2.76. The van der Waals surface area contributed by atoms with E-state index < -0.39 is 5.91 Å². The summed E-state index contributed by atoms with van der Waals surface area (Å²) in [5.41, 5.74) is 1.52. The molecule has 7 heteroatoms. The summed E-state index contributed by atoms with van der Waals surface area (Å²) in [5.74, 6) is -0.487. The molecule has 0 unspecified atom stereocenters. The summed E-state index contributed by atoms with van der Waals surface area (Å²) in [4.78, 5) is 11.6. The number of nitrogens with zero attached hydrogens (tertiary/aromatic N) is 3. The number of H-pyrrole nitrogens is 1. The van der Waals surface area contributed by atoms with E-state index in [1.165, 1.54) is 0 Å². The predicted octanol–water partition coefficient (Wildman–Crippen LogP) is 1.41. The number of anilines is 1. The molecule has 1 heterocycles. The Balaban J connectivity index is 2.21. The second kappa shape index (κ2) is 4.28. The van der Waals surface area contributed by atoms with Crippen LogP contribution >= 0.6 is 11.6 Å². The van der Waals surface area contributed by atoms with Gasteiger partial charge in [-0.1, -0.05) is 17.7 Å². The van der Waals surface area contributed by atoms with Crippen LogP contribution in [0.3, 0.4) is 0 Å². The quantitative estimate of drug-likeness (QED) is 0.827. The van der Waals surface area contributed by atoms with Crippen molar-refractivity contribution in [3.8, 4) is 0 Å². The highest BCUT2D eigenvalue weighted by Gasteiger charge is 2.12. The molecule has 0 aliphatic rings. The third kappa shape index (κ3) is 2.17. The summed E-state index contributed by atoms with van der Waals surface area (Å²) in [5, 5.41) is 15.7. The van der Waals surface area contributed by atoms with E-state index in [9.17, 15) is 4.79 Å². The summed E-state index contributed by atoms with van der Waals surface area (Å²) in [6.07, 6.45) is 0. The summed E-state index contributed by atoms with van der Waals surface area (Å²) in [6, 6.07) is 5.33. The number of aryl methyl sites for hydroxylation is 1. The van der Waals surface area contributed by atoms with Gasteiger partial charge >= 0.3 is 0 Å². The minimum Gasteiger partial charge on any atom is -0.318 e. The second-order valence-electron chi connectivity index (χ2n) is 3.17. The lowest BCUT2D eigenvalue weighted by Gasteiger charge is -2.05. The zero-order valence-electron chi connectivity index (χ0n) is 8.36. The van der Waals surface area contributed by atoms with Crippen LogP contribution in [-0.2, 0) is 0 Å². The van der Waals surface area contributed by atoms with Crippen LogP contribution < -0.4 is 5.32 Å². The van der Waals surface area contributed by atoms with Crippen molar-refractivity contribution in [3.63, 3.8) is 0 Å². The maximum Gasteiger partial charge on any atom is 0.297 e. The average molecular weight is 238 g/mol. The smallest absolute Gasteiger partial charge is 0.297 e. The van der Waals surface area contributed by atoms with Gasteiger partial charge in [0.1, 0.15) is 0 Å². The van der Waals surface area contributed by atoms with E-state index >= 15 is 0 Å². The number of nitrogens with one attached hydrogen (secondary N) is 2. The van der Waals surface area contributed by atoms with Crippen molar-refractivity contribution in [2.24, 2.45) is 0 Å². The third-order valence-corrected chi connectivity index (χ3v) is 2.25. The van der Waals surface area contributed by atoms with Gasteiger partial charge in [0.15, 0.2) is 0 Å². The lowest BCUT2D eigenvalue weighted by atomic mass is 10.2. The molecule has 0 aliphatic carbocycles. The number of tetrazole rings is 1. The van der Waals surface area contributed by atoms with Crippen molar-refractivity contribution in [3.05, 3.63) is 34.6 Å². The van der Waals surface area contributed by atoms with Crippen LogP contribution in [0.4, 0.5) is 5.69 Å². The van der Waals surface area contributed by atoms with Crippen molar-refractivity contribution < 1.29 is 4.79 Å². The van der Waals surface area contributed by atoms with Crippen LogP contribution in [0.15, 0.2) is 18.2 Å². The lowest BCUT2D eigenvalue weighted by Crippen LogP contribution is -2.14. The summed E-state index contributed by atoms with van der Waals surface area (Å²) >= 11 is 5.92. The van der Waals surface area contributed by atoms with Crippen LogP contribution in [0.25, 0.3) is 0 Å². The Bertz CT molecular complexity index is 511. The minimum atomic E-state index is -0.457. The fourth-order valence-corrected chi connectivity index (χ4v) is 1.34. The Labute approximate surface area is 96.0 Å². The van der Waals surface area contributed by atoms with E-state index in [-0.39, 0.29) is 5.82 Å². The maximum atomic E-state index is 11.6. The first-order chi connectivity index (χ1) is 7.66. The van der Waals surface area contributed by atoms with Gasteiger partial charge in [0.05, 0.1) is 10.7 Å². The Morgan fingerprint density at radius 2 is 2.31 bits per heavy atom. The molecular weight excluding hydrogens is 230 g/mol. The Kier molecular flexibility index (Phi) is 2.82. The SMILES string of the molecule is Cc1ccc(Cl)c(NC(=O)c2nn[nH]n2)c1. The van der Waals surface area contributed by atoms with Crippen molar-refractivity contribution in [2.45, 2.75) is 6.92 Å². The van der Waals surface area contributed by atoms with Crippen LogP contribution in [0.2, 0.25) is 5.02 Å². The first-order valence-electron chi connectivity index (χ1n) is 4.48. The number of hydrogen-bond acceptors (Lipinski definition) is 4. The van der Waals surface area contributed by atoms with E-state index in [1.807, 2.05) is 13.0 Å². The molecule has 2 rings (SSSR count). The minimum absolute atomic E-state index is 0.0300. The number of halogens is 1. The van der Waals surface area contributed by atoms with E-state index in [0.717, 1.165) is 5.56 Å². The molecule has 6 nitrogen and oxygen atoms in total. The number of benzene rings is 1. The normalized spacial score (nSPS) is 10.1. The van der Waals surface area contributed by atoms with Crippen LogP contribution in [0, 0.1) is 6.92 Å². The first-order valence-corrected chi connectivity index (χ1v) is 4.85. The van der Waals surface area contributed by atoms with Gasteiger partial charge in [-0.2, -0.15) is 5.21 Å². The zero-order valence-corrected chi connectivity index (χ0v) is 9.12. The molecule has 1 aromatic heterocycles. The maximum absolute atomic E-state index is 11.6. The fourth-order valence-electron chi connectivity index (χ4n) is 1.17. The summed E-state index contributed by atoms with van der Waals surface area (Å²) < 4.78 is 0. The largest absolute Gasteiger partial charge is 0.318 e. The van der Waals surface area contributed by atoms with Crippen LogP contribution in [0.1, 0.15) is 16.2 Å². The fraction of sp³-hybridized carbons (Fsp3) is 0.111. The predicted molar refractivity (Wildman–Crippen MR) is 58.3 cm³/mol. The van der Waals surface area contributed by atoms with Crippen LogP contribution in [-0.4, -0.2) is 26.5 Å². The first kappa shape index (κ1) is 10.6. The van der Waals surface area contributed by atoms with Gasteiger partial charge in [0.2, 0.25) is 0 Å². The van der Waals surface area contributed by atoms with Gasteiger partial charge in [-0.25, -0.2) is 0 Å². The van der Waals surface area contributed by atoms with E-state index in [1.54, 1.807) is 12.1 Å². The van der Waals surface area contributed by atoms with Crippen molar-refractivity contribution >= 4 is 23.2 Å². The van der Waals surface area contributed by atoms with Crippen molar-refractivity contribution in [2.75, 3.05) is 5.32 Å². The van der Waals surface area contributed by atoms with Gasteiger partial charge in [0, 0.05) is 0 Å². The van der Waals surface area contributed by atoms with Gasteiger partial charge in [-0.3, -0.25) is 4.79 Å². The molecule has 2 N–H and O–H groups in total. The molecule has 1 aromatic carbocycles. The van der Waals surface area contributed by atoms with Gasteiger partial charge in [-0.15, -0.1) is 10.2 Å². The molecule has 0 saturated carbocycles. The van der Waals surface area contributed by atoms with Gasteiger partial charge in [0.25, 0.3) is 11.7 Å². The Morgan fingerprint density at radius 3 is 3.00 bits per heavy atom. The van der Waals surface area contributed by atoms with Crippen molar-refractivity contribution in [1.82, 2.24) is 20.6 Å². The van der Waals surface area contributed by atoms with Crippen molar-refractivity contribution in [1.29, 1.82) is 0 Å². The number of carbonyl (C=O) groups is 1. The van der Waals surface area contributed by atoms with Gasteiger partial charge < -0.3 is 5.32 Å². The summed E-state index contributed by atoms with van der Waals surface area (Å²) in [6.45, 7) is 1.90. The molecule has 2 aromatic rings. The molecule has 0 spiro atoms. The van der Waals surface area contributed by atoms with Gasteiger partial charge in [-0.05, 0) is 29.8 Å². The second-order valence-corrected chi connectivity index (χ2v) is 3.58. The Morgan fingerprint density at radius 1 is 1.50 bits per heavy atom. The number of hydrogen-bond donors (Lipinski definition) is 2. The van der Waals surface area contributed by atoms with E-state index in [2.05, 4.69) is 25.9 Å². The third-order valence-electron chi connectivity index (χ3n) is 1.92. The number of aromatic amines is 1. The molecule has 0 bridgehead atoms. The number of amides is 1. The molecule has 0 aliphatic heterocycles. The molecule has 0 fully saturated rings. The highest BCUT2D eigenvalue weighted by Crippen LogP contribution is 2.22. The molecule has 0 saturated heterocycles. The summed E-state index contributed by atoms with van der Waals surface area (Å²) in [7, 11) is 0. The monoisotopic (exact) mass is 237 g/mol. The zero-order chi connectivity index (χ0) is 11.5. The number of carbonyl (C=O) groups excluding carboxylic acids is 1. The molecule has 1 amide bonds. The molecule has 16 heavy (non-hydrogen) atoms. The number of rotatable bonds is 2. The highest BCUT2D eigenvalue weighted by molar-refractivity contribution is 6.33. The van der Waals surface area contributed by atoms with E-state index in [0.29, 0.717) is 10.7 Å². The highest BCUT2D eigenvalue weighted by atomic mass is 35.5. The number of aromatic nitrogens is 4. The molecule has 0 atom stereocenters. The molecule has 82 valence electrons. The molecule has 0 radical (unpaired) electrons.